The molecule has 1 fully saturated rings. The van der Waals surface area contributed by atoms with Crippen molar-refractivity contribution in [2.75, 3.05) is 6.54 Å². The average molecular weight is 342 g/mol. The molecule has 1 N–H and O–H groups in total. The van der Waals surface area contributed by atoms with Crippen molar-refractivity contribution >= 4 is 11.3 Å². The Balaban J connectivity index is 1.49. The van der Waals surface area contributed by atoms with E-state index in [-0.39, 0.29) is 0 Å². The normalized spacial score (nSPS) is 18.7. The molecule has 126 valence electrons. The number of thiophene rings is 1. The van der Waals surface area contributed by atoms with Crippen LogP contribution in [0.4, 0.5) is 0 Å². The summed E-state index contributed by atoms with van der Waals surface area (Å²) < 4.78 is 5.50. The van der Waals surface area contributed by atoms with Crippen molar-refractivity contribution in [3.63, 3.8) is 0 Å². The first kappa shape index (κ1) is 15.6. The van der Waals surface area contributed by atoms with Gasteiger partial charge in [-0.1, -0.05) is 19.0 Å². The first-order valence-electron chi connectivity index (χ1n) is 8.49. The van der Waals surface area contributed by atoms with E-state index in [9.17, 15) is 0 Å². The second kappa shape index (κ2) is 6.53. The van der Waals surface area contributed by atoms with Crippen LogP contribution in [-0.4, -0.2) is 26.8 Å². The van der Waals surface area contributed by atoms with E-state index in [4.69, 9.17) is 4.52 Å². The highest BCUT2D eigenvalue weighted by Gasteiger charge is 2.29. The second-order valence-corrected chi connectivity index (χ2v) is 7.84. The molecule has 5 nitrogen and oxygen atoms in total. The van der Waals surface area contributed by atoms with E-state index in [1.807, 2.05) is 17.4 Å². The van der Waals surface area contributed by atoms with Gasteiger partial charge in [0.2, 0.25) is 0 Å². The lowest BCUT2D eigenvalue weighted by molar-refractivity contribution is 0.238. The van der Waals surface area contributed by atoms with E-state index in [1.54, 1.807) is 6.20 Å². The maximum atomic E-state index is 5.50. The number of likely N-dealkylation sites (tertiary alicyclic amines) is 1. The summed E-state index contributed by atoms with van der Waals surface area (Å²) in [6.07, 6.45) is 4.16. The van der Waals surface area contributed by atoms with Crippen LogP contribution in [0.3, 0.4) is 0 Å². The molecule has 1 aliphatic rings. The minimum atomic E-state index is 0.374. The number of nitrogens with one attached hydrogen (secondary N) is 1. The molecule has 0 unspecified atom stereocenters. The van der Waals surface area contributed by atoms with Gasteiger partial charge >= 0.3 is 0 Å². The maximum Gasteiger partial charge on any atom is 0.139 e. The van der Waals surface area contributed by atoms with E-state index in [1.165, 1.54) is 16.2 Å². The van der Waals surface area contributed by atoms with Gasteiger partial charge < -0.3 is 4.52 Å². The highest BCUT2D eigenvalue weighted by Crippen LogP contribution is 2.35. The van der Waals surface area contributed by atoms with Crippen LogP contribution in [0.15, 0.2) is 35.0 Å². The van der Waals surface area contributed by atoms with Crippen LogP contribution in [0, 0.1) is 0 Å². The Morgan fingerprint density at radius 3 is 3.04 bits per heavy atom. The summed E-state index contributed by atoms with van der Waals surface area (Å²) in [7, 11) is 0. The number of aromatic amines is 1. The highest BCUT2D eigenvalue weighted by molar-refractivity contribution is 7.15. The van der Waals surface area contributed by atoms with Crippen molar-refractivity contribution in [3.8, 4) is 10.6 Å². The smallest absolute Gasteiger partial charge is 0.139 e. The van der Waals surface area contributed by atoms with Gasteiger partial charge in [0.1, 0.15) is 11.5 Å². The standard InChI is InChI=1S/C18H22N4OS/c1-12(2)17-10-15(21-23-17)16-4-3-9-22(16)11-13-5-6-18(24-13)14-7-8-19-20-14/h5-8,10,12,16H,3-4,9,11H2,1-2H3,(H,19,20)/t16-/m1/s1. The Labute approximate surface area is 145 Å². The molecule has 24 heavy (non-hydrogen) atoms. The minimum Gasteiger partial charge on any atom is -0.361 e. The van der Waals surface area contributed by atoms with Gasteiger partial charge in [-0.3, -0.25) is 10.00 Å². The van der Waals surface area contributed by atoms with Crippen molar-refractivity contribution in [2.24, 2.45) is 0 Å². The van der Waals surface area contributed by atoms with Crippen LogP contribution in [0.5, 0.6) is 0 Å². The summed E-state index contributed by atoms with van der Waals surface area (Å²) in [6.45, 7) is 6.36. The summed E-state index contributed by atoms with van der Waals surface area (Å²) in [5.74, 6) is 1.37. The molecule has 3 aromatic rings. The topological polar surface area (TPSA) is 58.0 Å². The van der Waals surface area contributed by atoms with E-state index in [0.29, 0.717) is 12.0 Å². The molecule has 0 saturated carbocycles. The molecule has 0 aromatic carbocycles. The van der Waals surface area contributed by atoms with Crippen molar-refractivity contribution in [2.45, 2.75) is 45.2 Å². The number of hydrogen-bond acceptors (Lipinski definition) is 5. The zero-order chi connectivity index (χ0) is 16.5. The number of rotatable bonds is 5. The Bertz CT molecular complexity index is 790. The molecule has 0 bridgehead atoms. The first-order valence-corrected chi connectivity index (χ1v) is 9.31. The Morgan fingerprint density at radius 1 is 1.38 bits per heavy atom. The molecule has 0 amide bonds. The third-order valence-electron chi connectivity index (χ3n) is 4.61. The number of nitrogens with zero attached hydrogens (tertiary/aromatic N) is 3. The predicted octanol–water partition coefficient (Wildman–Crippen LogP) is 4.59. The van der Waals surface area contributed by atoms with Crippen molar-refractivity contribution < 1.29 is 4.52 Å². The lowest BCUT2D eigenvalue weighted by atomic mass is 10.1. The zero-order valence-electron chi connectivity index (χ0n) is 14.0. The largest absolute Gasteiger partial charge is 0.361 e. The molecular formula is C18H22N4OS. The van der Waals surface area contributed by atoms with Gasteiger partial charge in [0.05, 0.1) is 16.6 Å². The molecule has 0 aliphatic carbocycles. The van der Waals surface area contributed by atoms with Crippen LogP contribution in [0.25, 0.3) is 10.6 Å². The Kier molecular flexibility index (Phi) is 4.24. The first-order chi connectivity index (χ1) is 11.7. The molecule has 3 aromatic heterocycles. The minimum absolute atomic E-state index is 0.374. The van der Waals surface area contributed by atoms with Crippen molar-refractivity contribution in [3.05, 3.63) is 46.8 Å². The van der Waals surface area contributed by atoms with E-state index in [2.05, 4.69) is 52.3 Å². The third-order valence-corrected chi connectivity index (χ3v) is 5.71. The summed E-state index contributed by atoms with van der Waals surface area (Å²) in [5, 5.41) is 11.4. The van der Waals surface area contributed by atoms with E-state index >= 15 is 0 Å². The summed E-state index contributed by atoms with van der Waals surface area (Å²) in [4.78, 5) is 5.13. The molecule has 0 spiro atoms. The Morgan fingerprint density at radius 2 is 2.29 bits per heavy atom. The van der Waals surface area contributed by atoms with Crippen LogP contribution in [0.1, 0.15) is 55.0 Å². The fourth-order valence-electron chi connectivity index (χ4n) is 3.28. The fourth-order valence-corrected chi connectivity index (χ4v) is 4.29. The quantitative estimate of drug-likeness (QED) is 0.737. The predicted molar refractivity (Wildman–Crippen MR) is 94.9 cm³/mol. The lowest BCUT2D eigenvalue weighted by Crippen LogP contribution is -2.22. The average Bonchev–Trinajstić information content (AvgIpc) is 3.35. The summed E-state index contributed by atoms with van der Waals surface area (Å²) >= 11 is 1.83. The maximum absolute atomic E-state index is 5.50. The van der Waals surface area contributed by atoms with Gasteiger partial charge in [0.25, 0.3) is 0 Å². The number of H-pyrrole nitrogens is 1. The molecule has 1 aliphatic heterocycles. The third kappa shape index (κ3) is 3.03. The lowest BCUT2D eigenvalue weighted by Gasteiger charge is -2.21. The number of hydrogen-bond donors (Lipinski definition) is 1. The highest BCUT2D eigenvalue weighted by atomic mass is 32.1. The summed E-state index contributed by atoms with van der Waals surface area (Å²) in [5.41, 5.74) is 2.17. The van der Waals surface area contributed by atoms with Gasteiger partial charge in [0.15, 0.2) is 0 Å². The van der Waals surface area contributed by atoms with E-state index < -0.39 is 0 Å². The van der Waals surface area contributed by atoms with Crippen LogP contribution in [0.2, 0.25) is 0 Å². The van der Waals surface area contributed by atoms with Gasteiger partial charge in [0, 0.05) is 29.6 Å². The fraction of sp³-hybridized carbons (Fsp3) is 0.444. The van der Waals surface area contributed by atoms with Crippen LogP contribution in [-0.2, 0) is 6.54 Å². The SMILES string of the molecule is CC(C)c1cc([C@H]2CCCN2Cc2ccc(-c3ccn[nH]3)s2)no1. The molecule has 1 saturated heterocycles. The molecular weight excluding hydrogens is 320 g/mol. The molecule has 4 rings (SSSR count). The van der Waals surface area contributed by atoms with Crippen molar-refractivity contribution in [1.82, 2.24) is 20.3 Å². The zero-order valence-corrected chi connectivity index (χ0v) is 14.8. The molecule has 0 radical (unpaired) electrons. The van der Waals surface area contributed by atoms with Crippen LogP contribution >= 0.6 is 11.3 Å². The second-order valence-electron chi connectivity index (χ2n) is 6.67. The van der Waals surface area contributed by atoms with Gasteiger partial charge in [-0.05, 0) is 37.6 Å². The monoisotopic (exact) mass is 342 g/mol. The van der Waals surface area contributed by atoms with Gasteiger partial charge in [-0.15, -0.1) is 11.3 Å². The van der Waals surface area contributed by atoms with Crippen molar-refractivity contribution in [1.29, 1.82) is 0 Å². The molecule has 4 heterocycles. The van der Waals surface area contributed by atoms with Gasteiger partial charge in [-0.25, -0.2) is 0 Å². The molecule has 1 atom stereocenters. The number of aromatic nitrogens is 3. The van der Waals surface area contributed by atoms with Crippen LogP contribution < -0.4 is 0 Å². The van der Waals surface area contributed by atoms with E-state index in [0.717, 1.165) is 36.7 Å². The summed E-state index contributed by atoms with van der Waals surface area (Å²) in [6, 6.07) is 8.92. The Hall–Kier alpha value is -1.92. The molecule has 6 heteroatoms. The van der Waals surface area contributed by atoms with Gasteiger partial charge in [-0.2, -0.15) is 5.10 Å².